The minimum atomic E-state index is -0.614. The van der Waals surface area contributed by atoms with Gasteiger partial charge in [-0.2, -0.15) is 0 Å². The molecule has 1 N–H and O–H groups in total. The summed E-state index contributed by atoms with van der Waals surface area (Å²) in [6, 6.07) is 11.6. The highest BCUT2D eigenvalue weighted by molar-refractivity contribution is 6.30. The monoisotopic (exact) mass is 330 g/mol. The lowest BCUT2D eigenvalue weighted by atomic mass is 10.2. The zero-order valence-corrected chi connectivity index (χ0v) is 12.9. The fourth-order valence-electron chi connectivity index (χ4n) is 1.97. The first kappa shape index (κ1) is 15.2. The normalized spacial score (nSPS) is 10.6. The molecule has 5 nitrogen and oxygen atoms in total. The first-order valence-electron chi connectivity index (χ1n) is 6.79. The average molecular weight is 331 g/mol. The van der Waals surface area contributed by atoms with Crippen LogP contribution >= 0.6 is 11.6 Å². The van der Waals surface area contributed by atoms with E-state index >= 15 is 0 Å². The highest BCUT2D eigenvalue weighted by atomic mass is 35.5. The van der Waals surface area contributed by atoms with Gasteiger partial charge in [0.15, 0.2) is 5.69 Å². The van der Waals surface area contributed by atoms with Gasteiger partial charge in [-0.1, -0.05) is 34.5 Å². The van der Waals surface area contributed by atoms with Crippen LogP contribution in [0.4, 0.5) is 10.1 Å². The molecular formula is C16H12ClFN4O. The average Bonchev–Trinajstić information content (AvgIpc) is 3.01. The van der Waals surface area contributed by atoms with Crippen LogP contribution in [0, 0.1) is 12.7 Å². The molecule has 0 unspecified atom stereocenters. The number of carbonyl (C=O) groups excluding carboxylic acids is 1. The molecule has 3 aromatic rings. The molecule has 0 radical (unpaired) electrons. The van der Waals surface area contributed by atoms with Crippen LogP contribution in [0.2, 0.25) is 5.02 Å². The number of nitrogens with zero attached hydrogens (tertiary/aromatic N) is 3. The molecule has 1 aromatic heterocycles. The van der Waals surface area contributed by atoms with Gasteiger partial charge in [-0.3, -0.25) is 4.79 Å². The zero-order chi connectivity index (χ0) is 16.4. The molecule has 0 aliphatic carbocycles. The number of benzene rings is 2. The Balaban J connectivity index is 1.79. The van der Waals surface area contributed by atoms with Crippen molar-refractivity contribution in [3.8, 4) is 5.69 Å². The maximum Gasteiger partial charge on any atom is 0.277 e. The van der Waals surface area contributed by atoms with Gasteiger partial charge in [0.1, 0.15) is 5.82 Å². The summed E-state index contributed by atoms with van der Waals surface area (Å²) in [5.41, 5.74) is 2.01. The van der Waals surface area contributed by atoms with Gasteiger partial charge in [-0.15, -0.1) is 5.10 Å². The number of rotatable bonds is 3. The second-order valence-corrected chi connectivity index (χ2v) is 5.40. The minimum absolute atomic E-state index is 0.0317. The quantitative estimate of drug-likeness (QED) is 0.798. The molecule has 1 heterocycles. The number of amides is 1. The number of hydrogen-bond donors (Lipinski definition) is 1. The number of aromatic nitrogens is 3. The smallest absolute Gasteiger partial charge is 0.277 e. The van der Waals surface area contributed by atoms with Crippen molar-refractivity contribution in [1.82, 2.24) is 15.0 Å². The predicted octanol–water partition coefficient (Wildman–Crippen LogP) is 3.62. The lowest BCUT2D eigenvalue weighted by Crippen LogP contribution is -2.13. The molecule has 0 fully saturated rings. The van der Waals surface area contributed by atoms with Gasteiger partial charge < -0.3 is 5.32 Å². The molecule has 0 bridgehead atoms. The zero-order valence-electron chi connectivity index (χ0n) is 12.1. The SMILES string of the molecule is Cc1ccc(-n2cc(C(=O)Nc3ccc(Cl)cc3F)nn2)cc1. The Bertz CT molecular complexity index is 861. The summed E-state index contributed by atoms with van der Waals surface area (Å²) in [5.74, 6) is -1.17. The molecule has 3 rings (SSSR count). The van der Waals surface area contributed by atoms with Crippen LogP contribution in [-0.2, 0) is 0 Å². The third-order valence-corrected chi connectivity index (χ3v) is 3.44. The molecule has 2 aromatic carbocycles. The van der Waals surface area contributed by atoms with E-state index in [1.165, 1.54) is 23.0 Å². The number of nitrogens with one attached hydrogen (secondary N) is 1. The van der Waals surface area contributed by atoms with Crippen molar-refractivity contribution in [2.75, 3.05) is 5.32 Å². The number of carbonyl (C=O) groups is 1. The molecule has 0 spiro atoms. The molecular weight excluding hydrogens is 319 g/mol. The lowest BCUT2D eigenvalue weighted by Gasteiger charge is -2.04. The second-order valence-electron chi connectivity index (χ2n) is 4.96. The van der Waals surface area contributed by atoms with E-state index in [2.05, 4.69) is 15.6 Å². The van der Waals surface area contributed by atoms with Crippen LogP contribution in [-0.4, -0.2) is 20.9 Å². The third kappa shape index (κ3) is 3.37. The van der Waals surface area contributed by atoms with E-state index in [-0.39, 0.29) is 16.4 Å². The van der Waals surface area contributed by atoms with E-state index in [0.717, 1.165) is 17.3 Å². The second kappa shape index (κ2) is 6.18. The van der Waals surface area contributed by atoms with Crippen LogP contribution in [0.3, 0.4) is 0 Å². The predicted molar refractivity (Wildman–Crippen MR) is 85.5 cm³/mol. The van der Waals surface area contributed by atoms with Gasteiger partial charge in [0.2, 0.25) is 0 Å². The standard InChI is InChI=1S/C16H12ClFN4O/c1-10-2-5-12(6-3-10)22-9-15(20-21-22)16(23)19-14-7-4-11(17)8-13(14)18/h2-9H,1H3,(H,19,23). The van der Waals surface area contributed by atoms with Crippen molar-refractivity contribution in [1.29, 1.82) is 0 Å². The molecule has 0 saturated carbocycles. The van der Waals surface area contributed by atoms with Gasteiger partial charge in [-0.25, -0.2) is 9.07 Å². The van der Waals surface area contributed by atoms with E-state index in [1.807, 2.05) is 31.2 Å². The third-order valence-electron chi connectivity index (χ3n) is 3.20. The summed E-state index contributed by atoms with van der Waals surface area (Å²) < 4.78 is 15.2. The fraction of sp³-hybridized carbons (Fsp3) is 0.0625. The summed E-state index contributed by atoms with van der Waals surface area (Å²) >= 11 is 5.67. The van der Waals surface area contributed by atoms with Crippen molar-refractivity contribution >= 4 is 23.2 Å². The van der Waals surface area contributed by atoms with Crippen molar-refractivity contribution in [2.45, 2.75) is 6.92 Å². The summed E-state index contributed by atoms with van der Waals surface area (Å²) in [7, 11) is 0. The fourth-order valence-corrected chi connectivity index (χ4v) is 2.13. The van der Waals surface area contributed by atoms with Crippen molar-refractivity contribution in [3.05, 3.63) is 70.8 Å². The summed E-state index contributed by atoms with van der Waals surface area (Å²) in [5, 5.41) is 10.4. The number of aryl methyl sites for hydroxylation is 1. The largest absolute Gasteiger partial charge is 0.318 e. The topological polar surface area (TPSA) is 59.8 Å². The number of halogens is 2. The van der Waals surface area contributed by atoms with E-state index < -0.39 is 11.7 Å². The Morgan fingerprint density at radius 1 is 1.22 bits per heavy atom. The minimum Gasteiger partial charge on any atom is -0.318 e. The van der Waals surface area contributed by atoms with Crippen LogP contribution in [0.15, 0.2) is 48.7 Å². The summed E-state index contributed by atoms with van der Waals surface area (Å²) in [6.45, 7) is 1.98. The maximum atomic E-state index is 13.7. The van der Waals surface area contributed by atoms with Crippen molar-refractivity contribution in [3.63, 3.8) is 0 Å². The van der Waals surface area contributed by atoms with Gasteiger partial charge in [0.25, 0.3) is 5.91 Å². The van der Waals surface area contributed by atoms with Crippen molar-refractivity contribution < 1.29 is 9.18 Å². The van der Waals surface area contributed by atoms with E-state index in [1.54, 1.807) is 0 Å². The first-order valence-corrected chi connectivity index (χ1v) is 7.16. The Morgan fingerprint density at radius 2 is 1.96 bits per heavy atom. The number of anilines is 1. The van der Waals surface area contributed by atoms with Crippen LogP contribution in [0.25, 0.3) is 5.69 Å². The highest BCUT2D eigenvalue weighted by Gasteiger charge is 2.14. The molecule has 0 saturated heterocycles. The molecule has 0 aliphatic rings. The number of hydrogen-bond acceptors (Lipinski definition) is 3. The Hall–Kier alpha value is -2.73. The van der Waals surface area contributed by atoms with Gasteiger partial charge >= 0.3 is 0 Å². The summed E-state index contributed by atoms with van der Waals surface area (Å²) in [4.78, 5) is 12.1. The maximum absolute atomic E-state index is 13.7. The van der Waals surface area contributed by atoms with Crippen LogP contribution < -0.4 is 5.32 Å². The Labute approximate surface area is 136 Å². The first-order chi connectivity index (χ1) is 11.0. The highest BCUT2D eigenvalue weighted by Crippen LogP contribution is 2.19. The van der Waals surface area contributed by atoms with E-state index in [4.69, 9.17) is 11.6 Å². The molecule has 1 amide bonds. The van der Waals surface area contributed by atoms with Crippen molar-refractivity contribution in [2.24, 2.45) is 0 Å². The molecule has 23 heavy (non-hydrogen) atoms. The Kier molecular flexibility index (Phi) is 4.08. The van der Waals surface area contributed by atoms with Gasteiger partial charge in [0, 0.05) is 5.02 Å². The van der Waals surface area contributed by atoms with Gasteiger partial charge in [-0.05, 0) is 37.3 Å². The van der Waals surface area contributed by atoms with Gasteiger partial charge in [0.05, 0.1) is 17.6 Å². The lowest BCUT2D eigenvalue weighted by molar-refractivity contribution is 0.102. The van der Waals surface area contributed by atoms with E-state index in [0.29, 0.717) is 0 Å². The molecule has 116 valence electrons. The molecule has 7 heteroatoms. The van der Waals surface area contributed by atoms with Crippen LogP contribution in [0.1, 0.15) is 16.1 Å². The molecule has 0 atom stereocenters. The van der Waals surface area contributed by atoms with Crippen LogP contribution in [0.5, 0.6) is 0 Å². The molecule has 0 aliphatic heterocycles. The van der Waals surface area contributed by atoms with E-state index in [9.17, 15) is 9.18 Å². The summed E-state index contributed by atoms with van der Waals surface area (Å²) in [6.07, 6.45) is 1.48. The Morgan fingerprint density at radius 3 is 2.65 bits per heavy atom.